The molecule has 2 aromatic carbocycles. The van der Waals surface area contributed by atoms with Gasteiger partial charge in [-0.25, -0.2) is 9.97 Å². The molecule has 4 rings (SSSR count). The highest BCUT2D eigenvalue weighted by Gasteiger charge is 2.10. The Kier molecular flexibility index (Phi) is 7.02. The lowest BCUT2D eigenvalue weighted by molar-refractivity contribution is 0.238. The van der Waals surface area contributed by atoms with Gasteiger partial charge in [-0.1, -0.05) is 23.8 Å². The largest absolute Gasteiger partial charge is 0.508 e. The molecule has 0 atom stereocenters. The SMILES string of the molecule is Oc1ccc(Cl)c(C=Cc2cnc(Nc3ccc(OCCN4CCCC4)cc3)nc2)c1. The summed E-state index contributed by atoms with van der Waals surface area (Å²) in [7, 11) is 0. The van der Waals surface area contributed by atoms with Gasteiger partial charge in [-0.05, 0) is 74.0 Å². The number of likely N-dealkylation sites (tertiary alicyclic amines) is 1. The monoisotopic (exact) mass is 436 g/mol. The number of benzene rings is 2. The van der Waals surface area contributed by atoms with Gasteiger partial charge in [0.25, 0.3) is 0 Å². The van der Waals surface area contributed by atoms with E-state index in [1.54, 1.807) is 30.6 Å². The first-order valence-electron chi connectivity index (χ1n) is 10.4. The van der Waals surface area contributed by atoms with Crippen LogP contribution in [0.1, 0.15) is 24.0 Å². The van der Waals surface area contributed by atoms with Crippen LogP contribution >= 0.6 is 11.6 Å². The zero-order valence-electron chi connectivity index (χ0n) is 17.2. The van der Waals surface area contributed by atoms with E-state index in [9.17, 15) is 5.11 Å². The van der Waals surface area contributed by atoms with Gasteiger partial charge >= 0.3 is 0 Å². The number of phenols is 1. The van der Waals surface area contributed by atoms with Crippen molar-refractivity contribution in [3.63, 3.8) is 0 Å². The molecule has 1 fully saturated rings. The summed E-state index contributed by atoms with van der Waals surface area (Å²) in [6.07, 6.45) is 9.70. The Hall–Kier alpha value is -3.09. The highest BCUT2D eigenvalue weighted by molar-refractivity contribution is 6.32. The Bertz CT molecular complexity index is 1020. The van der Waals surface area contributed by atoms with Crippen molar-refractivity contribution in [2.75, 3.05) is 31.6 Å². The van der Waals surface area contributed by atoms with Gasteiger partial charge in [0.05, 0.1) is 0 Å². The van der Waals surface area contributed by atoms with Crippen LogP contribution in [0.3, 0.4) is 0 Å². The highest BCUT2D eigenvalue weighted by atomic mass is 35.5. The summed E-state index contributed by atoms with van der Waals surface area (Å²) >= 11 is 6.13. The Morgan fingerprint density at radius 2 is 1.77 bits per heavy atom. The maximum absolute atomic E-state index is 9.58. The third kappa shape index (κ3) is 6.20. The molecule has 0 unspecified atom stereocenters. The van der Waals surface area contributed by atoms with Crippen LogP contribution in [0.15, 0.2) is 54.9 Å². The van der Waals surface area contributed by atoms with Gasteiger partial charge in [-0.3, -0.25) is 4.90 Å². The van der Waals surface area contributed by atoms with Crippen molar-refractivity contribution in [3.05, 3.63) is 71.0 Å². The van der Waals surface area contributed by atoms with Crippen molar-refractivity contribution < 1.29 is 9.84 Å². The van der Waals surface area contributed by atoms with Crippen LogP contribution in [0.25, 0.3) is 12.2 Å². The molecule has 0 radical (unpaired) electrons. The van der Waals surface area contributed by atoms with Crippen molar-refractivity contribution in [2.45, 2.75) is 12.8 Å². The molecule has 31 heavy (non-hydrogen) atoms. The summed E-state index contributed by atoms with van der Waals surface area (Å²) in [5, 5.41) is 13.3. The number of hydrogen-bond donors (Lipinski definition) is 2. The van der Waals surface area contributed by atoms with Gasteiger partial charge in [-0.2, -0.15) is 0 Å². The normalized spacial score (nSPS) is 14.2. The minimum Gasteiger partial charge on any atom is -0.508 e. The molecule has 6 nitrogen and oxygen atoms in total. The molecule has 2 N–H and O–H groups in total. The lowest BCUT2D eigenvalue weighted by atomic mass is 10.1. The maximum Gasteiger partial charge on any atom is 0.227 e. The average Bonchev–Trinajstić information content (AvgIpc) is 3.30. The van der Waals surface area contributed by atoms with Gasteiger partial charge in [0.2, 0.25) is 5.95 Å². The van der Waals surface area contributed by atoms with Crippen LogP contribution in [-0.4, -0.2) is 46.2 Å². The quantitative estimate of drug-likeness (QED) is 0.504. The minimum atomic E-state index is 0.169. The van der Waals surface area contributed by atoms with Crippen molar-refractivity contribution in [1.82, 2.24) is 14.9 Å². The smallest absolute Gasteiger partial charge is 0.227 e. The topological polar surface area (TPSA) is 70.5 Å². The third-order valence-corrected chi connectivity index (χ3v) is 5.44. The number of hydrogen-bond acceptors (Lipinski definition) is 6. The van der Waals surface area contributed by atoms with Crippen LogP contribution < -0.4 is 10.1 Å². The number of rotatable bonds is 8. The number of aromatic hydroxyl groups is 1. The Morgan fingerprint density at radius 3 is 2.52 bits per heavy atom. The molecule has 1 aliphatic heterocycles. The van der Waals surface area contributed by atoms with Gasteiger partial charge in [0.1, 0.15) is 18.1 Å². The zero-order chi connectivity index (χ0) is 21.5. The average molecular weight is 437 g/mol. The van der Waals surface area contributed by atoms with Gasteiger partial charge in [0, 0.05) is 35.2 Å². The molecule has 1 aliphatic rings. The van der Waals surface area contributed by atoms with E-state index in [1.807, 2.05) is 36.4 Å². The number of aromatic nitrogens is 2. The summed E-state index contributed by atoms with van der Waals surface area (Å²) in [5.74, 6) is 1.54. The predicted molar refractivity (Wildman–Crippen MR) is 125 cm³/mol. The standard InChI is InChI=1S/C24H25ClN4O2/c25-23-10-7-21(30)15-19(23)4-3-18-16-26-24(27-17-18)28-20-5-8-22(9-6-20)31-14-13-29-11-1-2-12-29/h3-10,15-17,30H,1-2,11-14H2,(H,26,27,28). The van der Waals surface area contributed by atoms with Crippen LogP contribution in [-0.2, 0) is 0 Å². The zero-order valence-corrected chi connectivity index (χ0v) is 17.9. The molecular weight excluding hydrogens is 412 g/mol. The van der Waals surface area contributed by atoms with E-state index in [0.29, 0.717) is 17.6 Å². The molecule has 160 valence electrons. The highest BCUT2D eigenvalue weighted by Crippen LogP contribution is 2.23. The second-order valence-electron chi connectivity index (χ2n) is 7.43. The van der Waals surface area contributed by atoms with Crippen LogP contribution in [0.4, 0.5) is 11.6 Å². The lowest BCUT2D eigenvalue weighted by Crippen LogP contribution is -2.25. The summed E-state index contributed by atoms with van der Waals surface area (Å²) in [4.78, 5) is 11.1. The summed E-state index contributed by atoms with van der Waals surface area (Å²) in [5.41, 5.74) is 2.44. The van der Waals surface area contributed by atoms with Crippen molar-refractivity contribution in [1.29, 1.82) is 0 Å². The van der Waals surface area contributed by atoms with E-state index in [1.165, 1.54) is 25.9 Å². The summed E-state index contributed by atoms with van der Waals surface area (Å²) < 4.78 is 5.83. The molecule has 0 amide bonds. The van der Waals surface area contributed by atoms with Crippen LogP contribution in [0, 0.1) is 0 Å². The van der Waals surface area contributed by atoms with E-state index in [-0.39, 0.29) is 5.75 Å². The van der Waals surface area contributed by atoms with E-state index >= 15 is 0 Å². The van der Waals surface area contributed by atoms with E-state index in [4.69, 9.17) is 16.3 Å². The Morgan fingerprint density at radius 1 is 1.03 bits per heavy atom. The first-order valence-corrected chi connectivity index (χ1v) is 10.7. The van der Waals surface area contributed by atoms with Crippen molar-refractivity contribution in [2.24, 2.45) is 0 Å². The molecule has 2 heterocycles. The maximum atomic E-state index is 9.58. The van der Waals surface area contributed by atoms with Crippen molar-refractivity contribution in [3.8, 4) is 11.5 Å². The third-order valence-electron chi connectivity index (χ3n) is 5.09. The van der Waals surface area contributed by atoms with E-state index in [0.717, 1.165) is 29.1 Å². The molecular formula is C24H25ClN4O2. The molecule has 1 aromatic heterocycles. The van der Waals surface area contributed by atoms with Crippen molar-refractivity contribution >= 4 is 35.4 Å². The fourth-order valence-corrected chi connectivity index (χ4v) is 3.58. The Balaban J connectivity index is 1.29. The first-order chi connectivity index (χ1) is 15.2. The van der Waals surface area contributed by atoms with Gasteiger partial charge in [-0.15, -0.1) is 0 Å². The number of ether oxygens (including phenoxy) is 1. The molecule has 3 aromatic rings. The number of anilines is 2. The predicted octanol–water partition coefficient (Wildman–Crippen LogP) is 5.22. The second-order valence-corrected chi connectivity index (χ2v) is 7.83. The lowest BCUT2D eigenvalue weighted by Gasteiger charge is -2.15. The number of halogens is 1. The number of nitrogens with zero attached hydrogens (tertiary/aromatic N) is 3. The molecule has 0 bridgehead atoms. The first kappa shape index (κ1) is 21.2. The fraction of sp³-hybridized carbons (Fsp3) is 0.250. The fourth-order valence-electron chi connectivity index (χ4n) is 3.40. The summed E-state index contributed by atoms with van der Waals surface area (Å²) in [6, 6.07) is 12.6. The number of phenolic OH excluding ortho intramolecular Hbond substituents is 1. The van der Waals surface area contributed by atoms with Gasteiger partial charge < -0.3 is 15.2 Å². The van der Waals surface area contributed by atoms with Crippen LogP contribution in [0.5, 0.6) is 11.5 Å². The molecule has 0 aliphatic carbocycles. The van der Waals surface area contributed by atoms with E-state index in [2.05, 4.69) is 20.2 Å². The Labute approximate surface area is 187 Å². The number of nitrogens with one attached hydrogen (secondary N) is 1. The second kappa shape index (κ2) is 10.3. The van der Waals surface area contributed by atoms with Crippen LogP contribution in [0.2, 0.25) is 5.02 Å². The molecule has 1 saturated heterocycles. The summed E-state index contributed by atoms with van der Waals surface area (Å²) in [6.45, 7) is 4.06. The van der Waals surface area contributed by atoms with E-state index < -0.39 is 0 Å². The molecule has 7 heteroatoms. The van der Waals surface area contributed by atoms with Gasteiger partial charge in [0.15, 0.2) is 0 Å². The minimum absolute atomic E-state index is 0.169. The molecule has 0 spiro atoms. The molecule has 0 saturated carbocycles.